The van der Waals surface area contributed by atoms with Crippen molar-refractivity contribution in [2.24, 2.45) is 0 Å². The smallest absolute Gasteiger partial charge is 0.368 e. The van der Waals surface area contributed by atoms with E-state index >= 15 is 0 Å². The van der Waals surface area contributed by atoms with Crippen LogP contribution in [-0.2, 0) is 17.1 Å². The van der Waals surface area contributed by atoms with Gasteiger partial charge in [-0.15, -0.1) is 7.92 Å². The maximum absolute atomic E-state index is 3.68. The maximum Gasteiger partial charge on any atom is 2.00 e. The molecule has 3 heteroatoms. The van der Waals surface area contributed by atoms with Crippen molar-refractivity contribution in [1.29, 1.82) is 0 Å². The largest absolute Gasteiger partial charge is 2.00 e. The summed E-state index contributed by atoms with van der Waals surface area (Å²) < 4.78 is 0. The van der Waals surface area contributed by atoms with Crippen molar-refractivity contribution in [2.75, 3.05) is 0 Å². The van der Waals surface area contributed by atoms with E-state index in [0.29, 0.717) is 5.66 Å². The van der Waals surface area contributed by atoms with Gasteiger partial charge in [-0.2, -0.15) is 18.2 Å². The van der Waals surface area contributed by atoms with E-state index < -0.39 is 7.92 Å². The topological polar surface area (TPSA) is 0 Å². The van der Waals surface area contributed by atoms with Crippen LogP contribution in [0.15, 0.2) is 103 Å². The third kappa shape index (κ3) is 8.00. The SMILES string of the molecule is C[C@@H](c1[c-]cc[c-]1P(c1ccccc1)c1ccccc1)P(C(C)(C)C)C(C)(C)C.[Fe+2].c1cc[cH-]c1. The molecule has 0 spiro atoms. The van der Waals surface area contributed by atoms with E-state index in [9.17, 15) is 0 Å². The summed E-state index contributed by atoms with van der Waals surface area (Å²) >= 11 is 0. The summed E-state index contributed by atoms with van der Waals surface area (Å²) in [5, 5.41) is 4.89. The molecule has 4 aromatic rings. The summed E-state index contributed by atoms with van der Waals surface area (Å²) in [6.07, 6.45) is 0. The molecule has 0 radical (unpaired) electrons. The van der Waals surface area contributed by atoms with E-state index in [-0.39, 0.29) is 35.3 Å². The van der Waals surface area contributed by atoms with Gasteiger partial charge in [-0.3, -0.25) is 5.56 Å². The number of hydrogen-bond donors (Lipinski definition) is 0. The molecule has 0 bridgehead atoms. The molecular formula is C32H39FeP2-. The molecule has 0 N–H and O–H groups in total. The van der Waals surface area contributed by atoms with Gasteiger partial charge >= 0.3 is 17.1 Å². The minimum atomic E-state index is -0.580. The van der Waals surface area contributed by atoms with Crippen LogP contribution in [0.4, 0.5) is 0 Å². The van der Waals surface area contributed by atoms with E-state index in [0.717, 1.165) is 0 Å². The Bertz CT molecular complexity index is 1010. The van der Waals surface area contributed by atoms with Gasteiger partial charge in [0, 0.05) is 0 Å². The molecule has 0 aliphatic carbocycles. The van der Waals surface area contributed by atoms with Gasteiger partial charge in [-0.25, -0.2) is 12.1 Å². The minimum Gasteiger partial charge on any atom is -0.368 e. The fourth-order valence-electron chi connectivity index (χ4n) is 5.10. The molecule has 4 aromatic carbocycles. The summed E-state index contributed by atoms with van der Waals surface area (Å²) in [6, 6.07) is 40.2. The zero-order chi connectivity index (χ0) is 24.8. The quantitative estimate of drug-likeness (QED) is 0.135. The Hall–Kier alpha value is -1.48. The van der Waals surface area contributed by atoms with Crippen molar-refractivity contribution in [2.45, 2.75) is 64.4 Å². The summed E-state index contributed by atoms with van der Waals surface area (Å²) in [5.41, 5.74) is 1.94. The van der Waals surface area contributed by atoms with E-state index in [1.807, 2.05) is 30.3 Å². The molecule has 0 unspecified atom stereocenters. The Morgan fingerprint density at radius 3 is 1.57 bits per heavy atom. The van der Waals surface area contributed by atoms with Crippen LogP contribution >= 0.6 is 15.8 Å². The minimum absolute atomic E-state index is 0. The van der Waals surface area contributed by atoms with Crippen LogP contribution in [0.2, 0.25) is 0 Å². The summed E-state index contributed by atoms with van der Waals surface area (Å²) in [7, 11) is -0.834. The van der Waals surface area contributed by atoms with Crippen molar-refractivity contribution in [1.82, 2.24) is 0 Å². The van der Waals surface area contributed by atoms with Crippen molar-refractivity contribution in [3.05, 3.63) is 115 Å². The molecule has 0 saturated heterocycles. The van der Waals surface area contributed by atoms with Gasteiger partial charge in [-0.05, 0) is 26.6 Å². The molecule has 0 nitrogen and oxygen atoms in total. The van der Waals surface area contributed by atoms with E-state index in [1.165, 1.54) is 21.5 Å². The van der Waals surface area contributed by atoms with Crippen LogP contribution in [0.5, 0.6) is 0 Å². The molecular weight excluding hydrogens is 502 g/mol. The molecule has 1 atom stereocenters. The second-order valence-corrected chi connectivity index (χ2v) is 17.0. The predicted molar refractivity (Wildman–Crippen MR) is 156 cm³/mol. The van der Waals surface area contributed by atoms with Crippen LogP contribution in [0, 0.1) is 6.07 Å². The summed E-state index contributed by atoms with van der Waals surface area (Å²) in [4.78, 5) is 0. The van der Waals surface area contributed by atoms with Crippen LogP contribution in [-0.4, -0.2) is 10.3 Å². The Morgan fingerprint density at radius 1 is 0.743 bits per heavy atom. The monoisotopic (exact) mass is 541 g/mol. The molecule has 0 amide bonds. The Kier molecular flexibility index (Phi) is 11.2. The van der Waals surface area contributed by atoms with Gasteiger partial charge in [0.1, 0.15) is 0 Å². The second-order valence-electron chi connectivity index (χ2n) is 10.6. The first-order chi connectivity index (χ1) is 16.1. The summed E-state index contributed by atoms with van der Waals surface area (Å²) in [5.74, 6) is 0. The molecule has 186 valence electrons. The van der Waals surface area contributed by atoms with Crippen LogP contribution in [0.25, 0.3) is 0 Å². The number of rotatable bonds is 5. The molecule has 0 aromatic heterocycles. The van der Waals surface area contributed by atoms with E-state index in [1.54, 1.807) is 0 Å². The number of benzene rings is 2. The predicted octanol–water partition coefficient (Wildman–Crippen LogP) is 8.51. The molecule has 35 heavy (non-hydrogen) atoms. The Balaban J connectivity index is 0.000000640. The van der Waals surface area contributed by atoms with Crippen molar-refractivity contribution in [3.63, 3.8) is 0 Å². The van der Waals surface area contributed by atoms with Gasteiger partial charge in [0.2, 0.25) is 0 Å². The number of hydrogen-bond acceptors (Lipinski definition) is 0. The Labute approximate surface area is 227 Å². The maximum atomic E-state index is 3.68. The van der Waals surface area contributed by atoms with Crippen LogP contribution in [0.3, 0.4) is 0 Å². The molecule has 0 heterocycles. The average molecular weight is 541 g/mol. The second kappa shape index (κ2) is 13.2. The summed E-state index contributed by atoms with van der Waals surface area (Å²) in [6.45, 7) is 16.9. The van der Waals surface area contributed by atoms with Gasteiger partial charge in [0.15, 0.2) is 0 Å². The fraction of sp³-hybridized carbons (Fsp3) is 0.312. The molecule has 4 rings (SSSR count). The van der Waals surface area contributed by atoms with Crippen molar-refractivity contribution < 1.29 is 17.1 Å². The van der Waals surface area contributed by atoms with Crippen molar-refractivity contribution in [3.8, 4) is 0 Å². The van der Waals surface area contributed by atoms with Gasteiger partial charge < -0.3 is 23.5 Å². The zero-order valence-corrected chi connectivity index (χ0v) is 25.0. The first kappa shape index (κ1) is 29.7. The van der Waals surface area contributed by atoms with Gasteiger partial charge in [0.05, 0.1) is 0 Å². The first-order valence-electron chi connectivity index (χ1n) is 12.1. The Morgan fingerprint density at radius 2 is 1.20 bits per heavy atom. The molecule has 0 aliphatic rings. The third-order valence-electron chi connectivity index (χ3n) is 5.83. The standard InChI is InChI=1S/C27H34P2.C5H5.Fe/c1-21(29(26(2,3)4)27(5,6)7)24-19-14-20-25(24)28(22-15-10-8-11-16-22)23-17-12-9-13-18-23;1-2-4-5-3-1;/h8-18,20-21H,1-7H3;1-5H;/q-2;-1;+2/t21-;;/m0../s1. The third-order valence-corrected chi connectivity index (χ3v) is 12.3. The van der Waals surface area contributed by atoms with Crippen LogP contribution in [0.1, 0.15) is 59.7 Å². The molecule has 0 saturated carbocycles. The van der Waals surface area contributed by atoms with Gasteiger partial charge in [0.25, 0.3) is 0 Å². The normalized spacial score (nSPS) is 12.6. The fourth-order valence-corrected chi connectivity index (χ4v) is 12.5. The molecule has 0 fully saturated rings. The van der Waals surface area contributed by atoms with Gasteiger partial charge in [-0.1, -0.05) is 117 Å². The first-order valence-corrected chi connectivity index (χ1v) is 14.9. The zero-order valence-electron chi connectivity index (χ0n) is 22.1. The van der Waals surface area contributed by atoms with Crippen LogP contribution < -0.4 is 15.9 Å². The van der Waals surface area contributed by atoms with E-state index in [2.05, 4.69) is 127 Å². The molecule has 0 aliphatic heterocycles. The average Bonchev–Trinajstić information content (AvgIpc) is 3.49. The van der Waals surface area contributed by atoms with Crippen molar-refractivity contribution >= 4 is 31.8 Å². The van der Waals surface area contributed by atoms with E-state index in [4.69, 9.17) is 0 Å².